The Kier molecular flexibility index (Phi) is 3.97. The van der Waals surface area contributed by atoms with Gasteiger partial charge in [0.05, 0.1) is 17.9 Å². The minimum absolute atomic E-state index is 0.124. The summed E-state index contributed by atoms with van der Waals surface area (Å²) in [4.78, 5) is 15.6. The summed E-state index contributed by atoms with van der Waals surface area (Å²) in [5.74, 6) is -0.353. The molecule has 5 heteroatoms. The Morgan fingerprint density at radius 1 is 1.69 bits per heavy atom. The standard InChI is InChI=1S/C11H13N3O2/c1-7(6-15)13-11(16)10-4-3-9(5-12)8(2)14-10/h3-4,7,15H,6H2,1-2H3,(H,13,16). The van der Waals surface area contributed by atoms with E-state index in [1.54, 1.807) is 19.9 Å². The van der Waals surface area contributed by atoms with Gasteiger partial charge < -0.3 is 10.4 Å². The third kappa shape index (κ3) is 2.78. The van der Waals surface area contributed by atoms with Crippen LogP contribution in [-0.2, 0) is 0 Å². The monoisotopic (exact) mass is 219 g/mol. The summed E-state index contributed by atoms with van der Waals surface area (Å²) in [6.07, 6.45) is 0. The van der Waals surface area contributed by atoms with Crippen molar-refractivity contribution < 1.29 is 9.90 Å². The van der Waals surface area contributed by atoms with Crippen molar-refractivity contribution in [3.63, 3.8) is 0 Å². The van der Waals surface area contributed by atoms with Crippen LogP contribution in [0.5, 0.6) is 0 Å². The summed E-state index contributed by atoms with van der Waals surface area (Å²) in [5.41, 5.74) is 1.22. The van der Waals surface area contributed by atoms with Crippen LogP contribution in [0.15, 0.2) is 12.1 Å². The van der Waals surface area contributed by atoms with Crippen LogP contribution in [-0.4, -0.2) is 28.6 Å². The molecule has 5 nitrogen and oxygen atoms in total. The van der Waals surface area contributed by atoms with Crippen LogP contribution in [0.1, 0.15) is 28.7 Å². The predicted molar refractivity (Wildman–Crippen MR) is 57.7 cm³/mol. The van der Waals surface area contributed by atoms with Gasteiger partial charge in [-0.25, -0.2) is 4.98 Å². The number of aliphatic hydroxyl groups is 1. The van der Waals surface area contributed by atoms with Crippen molar-refractivity contribution in [1.82, 2.24) is 10.3 Å². The van der Waals surface area contributed by atoms with Crippen molar-refractivity contribution >= 4 is 5.91 Å². The quantitative estimate of drug-likeness (QED) is 0.769. The molecule has 0 aliphatic rings. The van der Waals surface area contributed by atoms with Gasteiger partial charge in [0, 0.05) is 6.04 Å². The number of hydrogen-bond donors (Lipinski definition) is 2. The number of amides is 1. The number of hydrogen-bond acceptors (Lipinski definition) is 4. The first kappa shape index (κ1) is 12.1. The summed E-state index contributed by atoms with van der Waals surface area (Å²) >= 11 is 0. The highest BCUT2D eigenvalue weighted by atomic mass is 16.3. The van der Waals surface area contributed by atoms with Crippen LogP contribution in [0.25, 0.3) is 0 Å². The van der Waals surface area contributed by atoms with Crippen molar-refractivity contribution in [2.24, 2.45) is 0 Å². The van der Waals surface area contributed by atoms with Crippen LogP contribution in [0.3, 0.4) is 0 Å². The first-order valence-electron chi connectivity index (χ1n) is 4.88. The lowest BCUT2D eigenvalue weighted by atomic mass is 10.2. The molecule has 0 aromatic carbocycles. The zero-order valence-corrected chi connectivity index (χ0v) is 9.19. The molecular weight excluding hydrogens is 206 g/mol. The number of nitriles is 1. The number of aliphatic hydroxyl groups excluding tert-OH is 1. The van der Waals surface area contributed by atoms with E-state index in [-0.39, 0.29) is 24.2 Å². The number of aryl methyl sites for hydroxylation is 1. The van der Waals surface area contributed by atoms with E-state index in [4.69, 9.17) is 10.4 Å². The Morgan fingerprint density at radius 2 is 2.38 bits per heavy atom. The molecule has 0 saturated carbocycles. The number of nitrogens with zero attached hydrogens (tertiary/aromatic N) is 2. The van der Waals surface area contributed by atoms with Crippen molar-refractivity contribution in [1.29, 1.82) is 5.26 Å². The molecule has 1 aromatic heterocycles. The highest BCUT2D eigenvalue weighted by molar-refractivity contribution is 5.92. The predicted octanol–water partition coefficient (Wildman–Crippen LogP) is 0.372. The van der Waals surface area contributed by atoms with Crippen LogP contribution in [0.2, 0.25) is 0 Å². The Labute approximate surface area is 93.7 Å². The van der Waals surface area contributed by atoms with Crippen molar-refractivity contribution in [2.45, 2.75) is 19.9 Å². The average molecular weight is 219 g/mol. The molecule has 1 unspecified atom stereocenters. The molecule has 1 heterocycles. The smallest absolute Gasteiger partial charge is 0.270 e. The molecule has 0 aliphatic carbocycles. The molecule has 0 aliphatic heterocycles. The van der Waals surface area contributed by atoms with Gasteiger partial charge >= 0.3 is 0 Å². The zero-order valence-electron chi connectivity index (χ0n) is 9.19. The summed E-state index contributed by atoms with van der Waals surface area (Å²) < 4.78 is 0. The van der Waals surface area contributed by atoms with E-state index in [2.05, 4.69) is 10.3 Å². The molecule has 0 spiro atoms. The Hall–Kier alpha value is -1.93. The molecule has 1 rings (SSSR count). The lowest BCUT2D eigenvalue weighted by Crippen LogP contribution is -2.35. The number of aromatic nitrogens is 1. The van der Waals surface area contributed by atoms with Crippen LogP contribution < -0.4 is 5.32 Å². The van der Waals surface area contributed by atoms with Gasteiger partial charge in [-0.2, -0.15) is 5.26 Å². The summed E-state index contributed by atoms with van der Waals surface area (Å²) in [7, 11) is 0. The van der Waals surface area contributed by atoms with Gasteiger partial charge in [-0.05, 0) is 26.0 Å². The SMILES string of the molecule is Cc1nc(C(=O)NC(C)CO)ccc1C#N. The third-order valence-corrected chi connectivity index (χ3v) is 2.09. The van der Waals surface area contributed by atoms with Crippen molar-refractivity contribution in [3.8, 4) is 6.07 Å². The molecule has 1 atom stereocenters. The molecule has 0 bridgehead atoms. The van der Waals surface area contributed by atoms with E-state index in [1.165, 1.54) is 6.07 Å². The molecule has 84 valence electrons. The molecule has 1 amide bonds. The normalized spacial score (nSPS) is 11.6. The van der Waals surface area contributed by atoms with Gasteiger partial charge in [0.15, 0.2) is 0 Å². The van der Waals surface area contributed by atoms with Crippen LogP contribution in [0, 0.1) is 18.3 Å². The lowest BCUT2D eigenvalue weighted by molar-refractivity contribution is 0.0917. The molecule has 2 N–H and O–H groups in total. The van der Waals surface area contributed by atoms with Crippen LogP contribution in [0.4, 0.5) is 0 Å². The third-order valence-electron chi connectivity index (χ3n) is 2.09. The summed E-state index contributed by atoms with van der Waals surface area (Å²) in [6.45, 7) is 3.24. The molecular formula is C11H13N3O2. The van der Waals surface area contributed by atoms with E-state index in [1.807, 2.05) is 6.07 Å². The van der Waals surface area contributed by atoms with E-state index < -0.39 is 0 Å². The fourth-order valence-corrected chi connectivity index (χ4v) is 1.15. The van der Waals surface area contributed by atoms with E-state index in [0.717, 1.165) is 0 Å². The van der Waals surface area contributed by atoms with E-state index >= 15 is 0 Å². The fourth-order valence-electron chi connectivity index (χ4n) is 1.15. The summed E-state index contributed by atoms with van der Waals surface area (Å²) in [6, 6.07) is 4.71. The van der Waals surface area contributed by atoms with Crippen molar-refractivity contribution in [3.05, 3.63) is 29.1 Å². The van der Waals surface area contributed by atoms with Gasteiger partial charge in [-0.1, -0.05) is 0 Å². The fraction of sp³-hybridized carbons (Fsp3) is 0.364. The number of rotatable bonds is 3. The minimum atomic E-state index is -0.353. The highest BCUT2D eigenvalue weighted by Gasteiger charge is 2.11. The van der Waals surface area contributed by atoms with Crippen molar-refractivity contribution in [2.75, 3.05) is 6.61 Å². The minimum Gasteiger partial charge on any atom is -0.394 e. The number of carbonyl (C=O) groups is 1. The van der Waals surface area contributed by atoms with Gasteiger partial charge in [-0.3, -0.25) is 4.79 Å². The van der Waals surface area contributed by atoms with Gasteiger partial charge in [0.2, 0.25) is 0 Å². The molecule has 16 heavy (non-hydrogen) atoms. The maximum absolute atomic E-state index is 11.6. The Morgan fingerprint density at radius 3 is 2.88 bits per heavy atom. The average Bonchev–Trinajstić information content (AvgIpc) is 2.28. The molecule has 1 aromatic rings. The van der Waals surface area contributed by atoms with E-state index in [0.29, 0.717) is 11.3 Å². The number of nitrogens with one attached hydrogen (secondary N) is 1. The van der Waals surface area contributed by atoms with Gasteiger partial charge in [0.1, 0.15) is 11.8 Å². The molecule has 0 radical (unpaired) electrons. The maximum Gasteiger partial charge on any atom is 0.270 e. The lowest BCUT2D eigenvalue weighted by Gasteiger charge is -2.10. The number of pyridine rings is 1. The second-order valence-corrected chi connectivity index (χ2v) is 3.50. The maximum atomic E-state index is 11.6. The van der Waals surface area contributed by atoms with E-state index in [9.17, 15) is 4.79 Å². The van der Waals surface area contributed by atoms with Gasteiger partial charge in [-0.15, -0.1) is 0 Å². The first-order valence-corrected chi connectivity index (χ1v) is 4.88. The Bertz CT molecular complexity index is 437. The van der Waals surface area contributed by atoms with Gasteiger partial charge in [0.25, 0.3) is 5.91 Å². The topological polar surface area (TPSA) is 86.0 Å². The summed E-state index contributed by atoms with van der Waals surface area (Å²) in [5, 5.41) is 20.1. The second-order valence-electron chi connectivity index (χ2n) is 3.50. The zero-order chi connectivity index (χ0) is 12.1. The largest absolute Gasteiger partial charge is 0.394 e. The highest BCUT2D eigenvalue weighted by Crippen LogP contribution is 2.05. The molecule has 0 fully saturated rings. The first-order chi connectivity index (χ1) is 7.58. The number of carbonyl (C=O) groups excluding carboxylic acids is 1. The molecule has 0 saturated heterocycles. The Balaban J connectivity index is 2.86. The van der Waals surface area contributed by atoms with Crippen LogP contribution >= 0.6 is 0 Å². The second kappa shape index (κ2) is 5.24.